The van der Waals surface area contributed by atoms with Gasteiger partial charge in [-0.25, -0.2) is 0 Å². The second-order valence-electron chi connectivity index (χ2n) is 9.13. The molecule has 0 saturated carbocycles. The highest BCUT2D eigenvalue weighted by Crippen LogP contribution is 2.35. The van der Waals surface area contributed by atoms with Crippen LogP contribution in [0.2, 0.25) is 0 Å². The first-order valence-electron chi connectivity index (χ1n) is 9.75. The van der Waals surface area contributed by atoms with E-state index in [0.717, 1.165) is 5.56 Å². The second-order valence-corrected chi connectivity index (χ2v) is 10.9. The fourth-order valence-corrected chi connectivity index (χ4v) is 3.21. The van der Waals surface area contributed by atoms with Crippen LogP contribution in [-0.2, 0) is 21.8 Å². The maximum absolute atomic E-state index is 12.4. The number of carbonyl (C=O) groups is 2. The second kappa shape index (κ2) is 9.51. The van der Waals surface area contributed by atoms with Gasteiger partial charge >= 0.3 is 5.97 Å². The fraction of sp³-hybridized carbons (Fsp3) is 0.435. The van der Waals surface area contributed by atoms with Gasteiger partial charge in [0, 0.05) is 33.4 Å². The van der Waals surface area contributed by atoms with E-state index < -0.39 is 11.4 Å². The number of nitrogens with zero attached hydrogens (tertiary/aromatic N) is 1. The van der Waals surface area contributed by atoms with Gasteiger partial charge in [-0.1, -0.05) is 41.5 Å². The van der Waals surface area contributed by atoms with E-state index in [9.17, 15) is 9.59 Å². The van der Waals surface area contributed by atoms with Crippen LogP contribution in [0.25, 0.3) is 0 Å². The smallest absolute Gasteiger partial charge is 0.307 e. The van der Waals surface area contributed by atoms with Crippen LogP contribution in [0, 0.1) is 5.41 Å². The Morgan fingerprint density at radius 3 is 2.40 bits per heavy atom. The van der Waals surface area contributed by atoms with Crippen LogP contribution in [-0.4, -0.2) is 26.7 Å². The van der Waals surface area contributed by atoms with Gasteiger partial charge in [0.25, 0.3) is 0 Å². The molecule has 30 heavy (non-hydrogen) atoms. The summed E-state index contributed by atoms with van der Waals surface area (Å²) < 4.78 is 6.10. The number of carboxylic acid groups (broad SMARTS) is 1. The van der Waals surface area contributed by atoms with Crippen LogP contribution in [0.1, 0.15) is 52.7 Å². The summed E-state index contributed by atoms with van der Waals surface area (Å²) in [6.45, 7) is 12.0. The van der Waals surface area contributed by atoms with Gasteiger partial charge in [0.1, 0.15) is 11.5 Å². The molecule has 2 N–H and O–H groups in total. The zero-order valence-corrected chi connectivity index (χ0v) is 19.2. The molecule has 2 aromatic rings. The van der Waals surface area contributed by atoms with E-state index in [1.807, 2.05) is 32.9 Å². The predicted molar refractivity (Wildman–Crippen MR) is 121 cm³/mol. The molecule has 6 nitrogen and oxygen atoms in total. The van der Waals surface area contributed by atoms with Crippen LogP contribution < -0.4 is 10.1 Å². The zero-order chi connectivity index (χ0) is 22.5. The van der Waals surface area contributed by atoms with Crippen molar-refractivity contribution < 1.29 is 19.4 Å². The molecule has 0 fully saturated rings. The lowest BCUT2D eigenvalue weighted by molar-refractivity contribution is -0.136. The van der Waals surface area contributed by atoms with Crippen LogP contribution >= 0.6 is 11.8 Å². The predicted octanol–water partition coefficient (Wildman–Crippen LogP) is 5.52. The van der Waals surface area contributed by atoms with Crippen LogP contribution in [0.5, 0.6) is 11.5 Å². The Balaban J connectivity index is 2.30. The highest BCUT2D eigenvalue weighted by molar-refractivity contribution is 7.99. The molecule has 0 radical (unpaired) electrons. The summed E-state index contributed by atoms with van der Waals surface area (Å²) in [5.74, 6) is 0.837. The van der Waals surface area contributed by atoms with Gasteiger partial charge in [0.2, 0.25) is 5.91 Å². The summed E-state index contributed by atoms with van der Waals surface area (Å²) in [6.07, 6.45) is 2.96. The van der Waals surface area contributed by atoms with Gasteiger partial charge in [0.15, 0.2) is 0 Å². The third-order valence-electron chi connectivity index (χ3n) is 4.01. The van der Waals surface area contributed by atoms with Gasteiger partial charge in [-0.15, -0.1) is 0 Å². The third-order valence-corrected chi connectivity index (χ3v) is 5.33. The normalized spacial score (nSPS) is 11.8. The first kappa shape index (κ1) is 23.7. The molecule has 0 aliphatic heterocycles. The molecule has 0 atom stereocenters. The number of thioether (sulfide) groups is 1. The molecule has 0 aliphatic rings. The monoisotopic (exact) mass is 430 g/mol. The number of benzene rings is 1. The van der Waals surface area contributed by atoms with Gasteiger partial charge in [-0.3, -0.25) is 14.6 Å². The van der Waals surface area contributed by atoms with Crippen molar-refractivity contribution in [3.05, 3.63) is 47.8 Å². The maximum Gasteiger partial charge on any atom is 0.307 e. The van der Waals surface area contributed by atoms with Crippen LogP contribution in [0.4, 0.5) is 5.69 Å². The standard InChI is InChI=1S/C23H30N2O4S/c1-22(2,3)21(28)25-17-7-8-19(16(11-17)14-30-23(4,5)6)29-18-9-15(10-20(26)27)12-24-13-18/h7-9,11-13H,10,14H2,1-6H3,(H,25,28)(H,26,27). The largest absolute Gasteiger partial charge is 0.481 e. The van der Waals surface area contributed by atoms with E-state index in [2.05, 4.69) is 31.1 Å². The quantitative estimate of drug-likeness (QED) is 0.601. The number of nitrogens with one attached hydrogen (secondary N) is 1. The van der Waals surface area contributed by atoms with E-state index in [4.69, 9.17) is 9.84 Å². The Bertz CT molecular complexity index is 914. The number of carboxylic acids is 1. The van der Waals surface area contributed by atoms with E-state index in [1.165, 1.54) is 6.20 Å². The van der Waals surface area contributed by atoms with Crippen molar-refractivity contribution in [2.24, 2.45) is 5.41 Å². The molecular formula is C23H30N2O4S. The average molecular weight is 431 g/mol. The Labute approximate surface area is 182 Å². The van der Waals surface area contributed by atoms with Crippen molar-refractivity contribution in [2.45, 2.75) is 58.5 Å². The number of hydrogen-bond acceptors (Lipinski definition) is 5. The van der Waals surface area contributed by atoms with Crippen molar-refractivity contribution in [1.29, 1.82) is 0 Å². The Morgan fingerprint density at radius 2 is 1.80 bits per heavy atom. The lowest BCUT2D eigenvalue weighted by Gasteiger charge is -2.21. The minimum atomic E-state index is -0.921. The molecule has 0 saturated heterocycles. The van der Waals surface area contributed by atoms with E-state index >= 15 is 0 Å². The summed E-state index contributed by atoms with van der Waals surface area (Å²) in [4.78, 5) is 27.4. The molecule has 1 aromatic heterocycles. The number of pyridine rings is 1. The molecule has 162 valence electrons. The van der Waals surface area contributed by atoms with E-state index in [1.54, 1.807) is 30.1 Å². The average Bonchev–Trinajstić information content (AvgIpc) is 2.60. The van der Waals surface area contributed by atoms with Crippen molar-refractivity contribution in [3.8, 4) is 11.5 Å². The first-order chi connectivity index (χ1) is 13.8. The molecule has 0 unspecified atom stereocenters. The number of carbonyl (C=O) groups excluding carboxylic acids is 1. The molecule has 1 aromatic carbocycles. The Morgan fingerprint density at radius 1 is 1.10 bits per heavy atom. The van der Waals surface area contributed by atoms with Gasteiger partial charge < -0.3 is 15.2 Å². The SMILES string of the molecule is CC(C)(C)SCc1cc(NC(=O)C(C)(C)C)ccc1Oc1cncc(CC(=O)O)c1. The number of anilines is 1. The van der Waals surface area contributed by atoms with Gasteiger partial charge in [-0.2, -0.15) is 11.8 Å². The number of hydrogen-bond donors (Lipinski definition) is 2. The number of ether oxygens (including phenoxy) is 1. The lowest BCUT2D eigenvalue weighted by atomic mass is 9.95. The Kier molecular flexibility index (Phi) is 7.53. The summed E-state index contributed by atoms with van der Waals surface area (Å²) in [6, 6.07) is 7.22. The highest BCUT2D eigenvalue weighted by atomic mass is 32.2. The third kappa shape index (κ3) is 7.71. The summed E-state index contributed by atoms with van der Waals surface area (Å²) >= 11 is 1.77. The fourth-order valence-electron chi connectivity index (χ4n) is 2.40. The summed E-state index contributed by atoms with van der Waals surface area (Å²) in [5.41, 5.74) is 1.72. The minimum Gasteiger partial charge on any atom is -0.481 e. The number of amides is 1. The van der Waals surface area contributed by atoms with Crippen molar-refractivity contribution >= 4 is 29.3 Å². The maximum atomic E-state index is 12.4. The molecule has 2 rings (SSSR count). The van der Waals surface area contributed by atoms with Crippen molar-refractivity contribution in [2.75, 3.05) is 5.32 Å². The molecule has 7 heteroatoms. The first-order valence-corrected chi connectivity index (χ1v) is 10.7. The van der Waals surface area contributed by atoms with Crippen LogP contribution in [0.15, 0.2) is 36.7 Å². The molecule has 0 bridgehead atoms. The lowest BCUT2D eigenvalue weighted by Crippen LogP contribution is -2.27. The van der Waals surface area contributed by atoms with E-state index in [0.29, 0.717) is 28.5 Å². The number of aliphatic carboxylic acids is 1. The van der Waals surface area contributed by atoms with Gasteiger partial charge in [0.05, 0.1) is 12.6 Å². The van der Waals surface area contributed by atoms with Crippen molar-refractivity contribution in [1.82, 2.24) is 4.98 Å². The molecular weight excluding hydrogens is 400 g/mol. The Hall–Kier alpha value is -2.54. The molecule has 0 spiro atoms. The van der Waals surface area contributed by atoms with Crippen molar-refractivity contribution in [3.63, 3.8) is 0 Å². The minimum absolute atomic E-state index is 0.0591. The van der Waals surface area contributed by atoms with Gasteiger partial charge in [-0.05, 0) is 29.8 Å². The van der Waals surface area contributed by atoms with Crippen LogP contribution in [0.3, 0.4) is 0 Å². The summed E-state index contributed by atoms with van der Waals surface area (Å²) in [5, 5.41) is 12.0. The molecule has 1 heterocycles. The zero-order valence-electron chi connectivity index (χ0n) is 18.4. The number of aromatic nitrogens is 1. The molecule has 1 amide bonds. The molecule has 0 aliphatic carbocycles. The number of rotatable bonds is 7. The highest BCUT2D eigenvalue weighted by Gasteiger charge is 2.22. The summed E-state index contributed by atoms with van der Waals surface area (Å²) in [7, 11) is 0. The topological polar surface area (TPSA) is 88.5 Å². The van der Waals surface area contributed by atoms with E-state index in [-0.39, 0.29) is 17.1 Å².